The summed E-state index contributed by atoms with van der Waals surface area (Å²) in [4.78, 5) is 29.0. The van der Waals surface area contributed by atoms with Crippen LogP contribution in [0.2, 0.25) is 0 Å². The topological polar surface area (TPSA) is 67.3 Å². The van der Waals surface area contributed by atoms with Crippen molar-refractivity contribution in [2.75, 3.05) is 0 Å². The SMILES string of the molecule is CC(C)CC(=O)/C=C(\O)CC(C)C.Cc1[c-]c(-c2nccc3c4c(ccc23)-c2c(C)cccc2C4=O)cc(C)c1.[Ir]. The van der Waals surface area contributed by atoms with Crippen molar-refractivity contribution in [3.63, 3.8) is 0 Å². The molecule has 0 aliphatic heterocycles. The number of ketones is 2. The standard InChI is InChI=1S/C25H18NO.C11H20O2.Ir/c1-14-11-15(2)13-17(12-14)24-19-7-8-20-22-16(3)5-4-6-21(22)25(27)23(20)18(19)9-10-26-24;1-8(2)5-10(12)7-11(13)6-9(3)4;/h4-12H,1-3H3;7-9,12H,5-6H2,1-4H3;/q-1;;/b;10-7-;. The summed E-state index contributed by atoms with van der Waals surface area (Å²) in [6, 6.07) is 19.7. The third-order valence-electron chi connectivity index (χ3n) is 6.92. The van der Waals surface area contributed by atoms with E-state index >= 15 is 0 Å². The molecule has 0 unspecified atom stereocenters. The number of pyridine rings is 1. The maximum absolute atomic E-state index is 13.2. The molecule has 5 rings (SSSR count). The Bertz CT molecular complexity index is 1610. The van der Waals surface area contributed by atoms with Crippen LogP contribution in [0, 0.1) is 38.7 Å². The second-order valence-electron chi connectivity index (χ2n) is 11.6. The number of rotatable bonds is 6. The fourth-order valence-corrected chi connectivity index (χ4v) is 5.42. The number of nitrogens with zero attached hydrogens (tertiary/aromatic N) is 1. The minimum atomic E-state index is 0. The molecule has 3 aromatic carbocycles. The van der Waals surface area contributed by atoms with E-state index in [1.807, 2.05) is 52.8 Å². The summed E-state index contributed by atoms with van der Waals surface area (Å²) in [5.74, 6) is 1.09. The monoisotopic (exact) mass is 725 g/mol. The zero-order valence-corrected chi connectivity index (χ0v) is 27.3. The van der Waals surface area contributed by atoms with Crippen molar-refractivity contribution in [3.8, 4) is 22.4 Å². The van der Waals surface area contributed by atoms with Gasteiger partial charge in [0.2, 0.25) is 0 Å². The molecular weight excluding hydrogens is 687 g/mol. The van der Waals surface area contributed by atoms with Gasteiger partial charge in [0.05, 0.1) is 5.76 Å². The zero-order valence-electron chi connectivity index (χ0n) is 24.9. The van der Waals surface area contributed by atoms with Gasteiger partial charge in [0.1, 0.15) is 0 Å². The first-order valence-corrected chi connectivity index (χ1v) is 14.0. The van der Waals surface area contributed by atoms with E-state index in [4.69, 9.17) is 0 Å². The molecule has 5 heteroatoms. The molecule has 1 N–H and O–H groups in total. The number of aryl methyl sites for hydroxylation is 3. The fraction of sp³-hybridized carbons (Fsp3) is 0.306. The number of hydrogen-bond donors (Lipinski definition) is 1. The van der Waals surface area contributed by atoms with Crippen molar-refractivity contribution < 1.29 is 34.8 Å². The number of allylic oxidation sites excluding steroid dienone is 2. The summed E-state index contributed by atoms with van der Waals surface area (Å²) < 4.78 is 0. The normalized spacial score (nSPS) is 12.1. The summed E-state index contributed by atoms with van der Waals surface area (Å²) >= 11 is 0. The molecule has 1 heterocycles. The van der Waals surface area contributed by atoms with Crippen LogP contribution in [-0.2, 0) is 24.9 Å². The van der Waals surface area contributed by atoms with Gasteiger partial charge in [0.15, 0.2) is 11.6 Å². The van der Waals surface area contributed by atoms with Crippen LogP contribution in [0.5, 0.6) is 0 Å². The summed E-state index contributed by atoms with van der Waals surface area (Å²) in [6.45, 7) is 14.2. The molecule has 1 aromatic heterocycles. The van der Waals surface area contributed by atoms with Gasteiger partial charge in [0.25, 0.3) is 0 Å². The van der Waals surface area contributed by atoms with Gasteiger partial charge in [-0.1, -0.05) is 71.9 Å². The van der Waals surface area contributed by atoms with Crippen molar-refractivity contribution >= 4 is 22.3 Å². The average Bonchev–Trinajstić information content (AvgIpc) is 3.15. The number of fused-ring (bicyclic) bond motifs is 5. The summed E-state index contributed by atoms with van der Waals surface area (Å²) in [5, 5.41) is 11.3. The molecule has 0 saturated heterocycles. The number of hydrogen-bond acceptors (Lipinski definition) is 4. The van der Waals surface area contributed by atoms with Crippen molar-refractivity contribution in [2.45, 2.75) is 61.3 Å². The Labute approximate surface area is 257 Å². The Morgan fingerprint density at radius 3 is 2.27 bits per heavy atom. The second kappa shape index (κ2) is 13.5. The van der Waals surface area contributed by atoms with E-state index in [0.717, 1.165) is 55.4 Å². The smallest absolute Gasteiger partial charge is 0.194 e. The molecule has 0 saturated carbocycles. The van der Waals surface area contributed by atoms with Gasteiger partial charge in [0, 0.05) is 56.3 Å². The number of aliphatic hydroxyl groups is 1. The molecule has 0 fully saturated rings. The van der Waals surface area contributed by atoms with Gasteiger partial charge in [-0.3, -0.25) is 9.59 Å². The number of carbonyl (C=O) groups is 2. The molecule has 0 bridgehead atoms. The van der Waals surface area contributed by atoms with Crippen molar-refractivity contribution in [1.29, 1.82) is 0 Å². The first-order valence-electron chi connectivity index (χ1n) is 14.0. The maximum atomic E-state index is 13.2. The van der Waals surface area contributed by atoms with Gasteiger partial charge in [-0.15, -0.1) is 34.9 Å². The minimum Gasteiger partial charge on any atom is -0.512 e. The molecule has 215 valence electrons. The maximum Gasteiger partial charge on any atom is 0.194 e. The van der Waals surface area contributed by atoms with E-state index in [0.29, 0.717) is 24.7 Å². The first kappa shape index (κ1) is 32.1. The average molecular weight is 725 g/mol. The van der Waals surface area contributed by atoms with Gasteiger partial charge in [-0.05, 0) is 58.0 Å². The number of aliphatic hydroxyl groups excluding tert-OH is 1. The van der Waals surface area contributed by atoms with E-state index < -0.39 is 0 Å². The number of carbonyl (C=O) groups excluding carboxylic acids is 2. The van der Waals surface area contributed by atoms with Crippen molar-refractivity contribution in [3.05, 3.63) is 100 Å². The molecule has 0 atom stereocenters. The Kier molecular flexibility index (Phi) is 10.6. The minimum absolute atomic E-state index is 0. The van der Waals surface area contributed by atoms with Gasteiger partial charge in [-0.25, -0.2) is 0 Å². The van der Waals surface area contributed by atoms with E-state index in [-0.39, 0.29) is 37.4 Å². The van der Waals surface area contributed by atoms with Gasteiger partial charge < -0.3 is 10.1 Å². The summed E-state index contributed by atoms with van der Waals surface area (Å²) in [5.41, 5.74) is 8.94. The van der Waals surface area contributed by atoms with E-state index in [2.05, 4.69) is 55.2 Å². The number of aromatic nitrogens is 1. The quantitative estimate of drug-likeness (QED) is 0.108. The van der Waals surface area contributed by atoms with Crippen LogP contribution < -0.4 is 0 Å². The predicted molar refractivity (Wildman–Crippen MR) is 164 cm³/mol. The molecule has 1 aliphatic carbocycles. The van der Waals surface area contributed by atoms with Crippen LogP contribution in [-0.4, -0.2) is 21.7 Å². The molecule has 4 nitrogen and oxygen atoms in total. The molecule has 1 aliphatic rings. The molecule has 0 spiro atoms. The van der Waals surface area contributed by atoms with Crippen molar-refractivity contribution in [2.24, 2.45) is 11.8 Å². The third-order valence-corrected chi connectivity index (χ3v) is 6.92. The second-order valence-corrected chi connectivity index (χ2v) is 11.6. The fourth-order valence-electron chi connectivity index (χ4n) is 5.42. The van der Waals surface area contributed by atoms with E-state index in [1.54, 1.807) is 6.20 Å². The van der Waals surface area contributed by atoms with Crippen LogP contribution in [0.3, 0.4) is 0 Å². The Balaban J connectivity index is 0.000000284. The van der Waals surface area contributed by atoms with Crippen molar-refractivity contribution in [1.82, 2.24) is 4.98 Å². The molecular formula is C36H38IrNO3-. The van der Waals surface area contributed by atoms with Crippen LogP contribution >= 0.6 is 0 Å². The van der Waals surface area contributed by atoms with Crippen LogP contribution in [0.4, 0.5) is 0 Å². The Morgan fingerprint density at radius 2 is 1.61 bits per heavy atom. The van der Waals surface area contributed by atoms with Gasteiger partial charge >= 0.3 is 0 Å². The Hall–Kier alpha value is -3.40. The molecule has 1 radical (unpaired) electrons. The van der Waals surface area contributed by atoms with Crippen LogP contribution in [0.15, 0.2) is 66.6 Å². The molecule has 4 aromatic rings. The van der Waals surface area contributed by atoms with Crippen LogP contribution in [0.25, 0.3) is 33.2 Å². The van der Waals surface area contributed by atoms with E-state index in [9.17, 15) is 14.7 Å². The zero-order chi connectivity index (χ0) is 29.1. The number of benzene rings is 3. The molecule has 41 heavy (non-hydrogen) atoms. The first-order chi connectivity index (χ1) is 19.0. The summed E-state index contributed by atoms with van der Waals surface area (Å²) in [6.07, 6.45) is 4.26. The van der Waals surface area contributed by atoms with Gasteiger partial charge in [-0.2, -0.15) is 0 Å². The Morgan fingerprint density at radius 1 is 0.902 bits per heavy atom. The van der Waals surface area contributed by atoms with Crippen LogP contribution in [0.1, 0.15) is 73.1 Å². The predicted octanol–water partition coefficient (Wildman–Crippen LogP) is 8.93. The summed E-state index contributed by atoms with van der Waals surface area (Å²) in [7, 11) is 0. The van der Waals surface area contributed by atoms with E-state index in [1.165, 1.54) is 11.6 Å². The molecule has 0 amide bonds. The third kappa shape index (κ3) is 7.28. The largest absolute Gasteiger partial charge is 0.512 e.